The average Bonchev–Trinajstić information content (AvgIpc) is 2.67. The SMILES string of the molecule is CC[C@H](C)c1nc2ccccc2n1C(C)C. The Morgan fingerprint density at radius 2 is 1.88 bits per heavy atom. The molecule has 2 nitrogen and oxygen atoms in total. The van der Waals surface area contributed by atoms with Gasteiger partial charge < -0.3 is 4.57 Å². The van der Waals surface area contributed by atoms with Crippen molar-refractivity contribution in [1.82, 2.24) is 9.55 Å². The number of hydrogen-bond acceptors (Lipinski definition) is 1. The van der Waals surface area contributed by atoms with Crippen LogP contribution in [-0.2, 0) is 0 Å². The first-order valence-corrected chi connectivity index (χ1v) is 6.12. The molecule has 0 radical (unpaired) electrons. The fourth-order valence-corrected chi connectivity index (χ4v) is 2.14. The van der Waals surface area contributed by atoms with E-state index in [0.29, 0.717) is 12.0 Å². The molecule has 1 atom stereocenters. The van der Waals surface area contributed by atoms with Gasteiger partial charge in [0.2, 0.25) is 0 Å². The van der Waals surface area contributed by atoms with Crippen LogP contribution in [-0.4, -0.2) is 9.55 Å². The summed E-state index contributed by atoms with van der Waals surface area (Å²) in [5.41, 5.74) is 2.37. The van der Waals surface area contributed by atoms with Crippen LogP contribution in [0.2, 0.25) is 0 Å². The van der Waals surface area contributed by atoms with Crippen LogP contribution in [0.3, 0.4) is 0 Å². The van der Waals surface area contributed by atoms with Crippen molar-refractivity contribution in [2.24, 2.45) is 0 Å². The van der Waals surface area contributed by atoms with Gasteiger partial charge in [0.15, 0.2) is 0 Å². The molecule has 2 rings (SSSR count). The second-order valence-electron chi connectivity index (χ2n) is 4.73. The van der Waals surface area contributed by atoms with Gasteiger partial charge in [-0.1, -0.05) is 26.0 Å². The van der Waals surface area contributed by atoms with Crippen molar-refractivity contribution in [2.45, 2.75) is 46.1 Å². The van der Waals surface area contributed by atoms with Crippen molar-refractivity contribution in [1.29, 1.82) is 0 Å². The summed E-state index contributed by atoms with van der Waals surface area (Å²) in [6, 6.07) is 8.87. The van der Waals surface area contributed by atoms with Crippen LogP contribution < -0.4 is 0 Å². The first-order valence-electron chi connectivity index (χ1n) is 6.12. The van der Waals surface area contributed by atoms with E-state index in [1.54, 1.807) is 0 Å². The van der Waals surface area contributed by atoms with E-state index < -0.39 is 0 Å². The Kier molecular flexibility index (Phi) is 2.99. The monoisotopic (exact) mass is 216 g/mol. The van der Waals surface area contributed by atoms with Crippen molar-refractivity contribution < 1.29 is 0 Å². The van der Waals surface area contributed by atoms with E-state index in [2.05, 4.69) is 56.5 Å². The van der Waals surface area contributed by atoms with Crippen LogP contribution in [0.25, 0.3) is 11.0 Å². The Morgan fingerprint density at radius 1 is 1.19 bits per heavy atom. The summed E-state index contributed by atoms with van der Waals surface area (Å²) in [6.07, 6.45) is 1.13. The maximum absolute atomic E-state index is 4.77. The zero-order valence-corrected chi connectivity index (χ0v) is 10.6. The molecule has 0 fully saturated rings. The van der Waals surface area contributed by atoms with E-state index in [1.165, 1.54) is 11.3 Å². The molecule has 0 aliphatic rings. The van der Waals surface area contributed by atoms with Gasteiger partial charge in [0.1, 0.15) is 5.82 Å². The number of aromatic nitrogens is 2. The first-order chi connectivity index (χ1) is 7.65. The molecule has 86 valence electrons. The van der Waals surface area contributed by atoms with Gasteiger partial charge in [0.25, 0.3) is 0 Å². The lowest BCUT2D eigenvalue weighted by molar-refractivity contribution is 0.545. The molecule has 2 heteroatoms. The summed E-state index contributed by atoms with van der Waals surface area (Å²) in [5.74, 6) is 1.74. The number of para-hydroxylation sites is 2. The molecule has 0 unspecified atom stereocenters. The van der Waals surface area contributed by atoms with Gasteiger partial charge in [-0.05, 0) is 32.4 Å². The molecule has 1 aromatic carbocycles. The molecule has 1 heterocycles. The number of fused-ring (bicyclic) bond motifs is 1. The smallest absolute Gasteiger partial charge is 0.112 e. The van der Waals surface area contributed by atoms with Crippen molar-refractivity contribution in [3.05, 3.63) is 30.1 Å². The van der Waals surface area contributed by atoms with Crippen LogP contribution in [0.1, 0.15) is 51.9 Å². The lowest BCUT2D eigenvalue weighted by atomic mass is 10.1. The second kappa shape index (κ2) is 4.28. The summed E-state index contributed by atoms with van der Waals surface area (Å²) in [5, 5.41) is 0. The summed E-state index contributed by atoms with van der Waals surface area (Å²) < 4.78 is 2.36. The third-order valence-corrected chi connectivity index (χ3v) is 3.19. The molecule has 2 aromatic rings. The molecule has 0 saturated carbocycles. The fraction of sp³-hybridized carbons (Fsp3) is 0.500. The molecule has 0 N–H and O–H groups in total. The highest BCUT2D eigenvalue weighted by atomic mass is 15.1. The maximum Gasteiger partial charge on any atom is 0.112 e. The Bertz CT molecular complexity index is 482. The van der Waals surface area contributed by atoms with Gasteiger partial charge in [-0.25, -0.2) is 4.98 Å². The lowest BCUT2D eigenvalue weighted by Crippen LogP contribution is -2.08. The average molecular weight is 216 g/mol. The third-order valence-electron chi connectivity index (χ3n) is 3.19. The molecule has 16 heavy (non-hydrogen) atoms. The standard InChI is InChI=1S/C14H20N2/c1-5-11(4)14-15-12-8-6-7-9-13(12)16(14)10(2)3/h6-11H,5H2,1-4H3/t11-/m0/s1. The Labute approximate surface area is 97.3 Å². The molecule has 0 aliphatic heterocycles. The highest BCUT2D eigenvalue weighted by molar-refractivity contribution is 5.76. The van der Waals surface area contributed by atoms with E-state index >= 15 is 0 Å². The van der Waals surface area contributed by atoms with Gasteiger partial charge in [-0.3, -0.25) is 0 Å². The highest BCUT2D eigenvalue weighted by Gasteiger charge is 2.16. The zero-order chi connectivity index (χ0) is 11.7. The largest absolute Gasteiger partial charge is 0.325 e. The van der Waals surface area contributed by atoms with Gasteiger partial charge in [0, 0.05) is 12.0 Å². The van der Waals surface area contributed by atoms with E-state index in [-0.39, 0.29) is 0 Å². The first kappa shape index (κ1) is 11.2. The van der Waals surface area contributed by atoms with Crippen molar-refractivity contribution in [2.75, 3.05) is 0 Å². The Balaban J connectivity index is 2.68. The van der Waals surface area contributed by atoms with E-state index in [1.807, 2.05) is 0 Å². The molecule has 0 amide bonds. The minimum Gasteiger partial charge on any atom is -0.325 e. The Hall–Kier alpha value is -1.31. The molecule has 1 aromatic heterocycles. The summed E-state index contributed by atoms with van der Waals surface area (Å²) in [6.45, 7) is 8.91. The minimum absolute atomic E-state index is 0.469. The van der Waals surface area contributed by atoms with Crippen LogP contribution in [0.4, 0.5) is 0 Å². The number of imidazole rings is 1. The Morgan fingerprint density at radius 3 is 2.50 bits per heavy atom. The minimum atomic E-state index is 0.469. The number of benzene rings is 1. The van der Waals surface area contributed by atoms with Crippen LogP contribution >= 0.6 is 0 Å². The number of rotatable bonds is 3. The van der Waals surface area contributed by atoms with Crippen LogP contribution in [0.5, 0.6) is 0 Å². The number of nitrogens with zero attached hydrogens (tertiary/aromatic N) is 2. The molecular weight excluding hydrogens is 196 g/mol. The van der Waals surface area contributed by atoms with Crippen LogP contribution in [0.15, 0.2) is 24.3 Å². The van der Waals surface area contributed by atoms with Crippen molar-refractivity contribution in [3.63, 3.8) is 0 Å². The second-order valence-corrected chi connectivity index (χ2v) is 4.73. The van der Waals surface area contributed by atoms with Crippen LogP contribution in [0, 0.1) is 0 Å². The topological polar surface area (TPSA) is 17.8 Å². The van der Waals surface area contributed by atoms with Gasteiger partial charge >= 0.3 is 0 Å². The number of hydrogen-bond donors (Lipinski definition) is 0. The van der Waals surface area contributed by atoms with Gasteiger partial charge in [-0.15, -0.1) is 0 Å². The fourth-order valence-electron chi connectivity index (χ4n) is 2.14. The molecule has 0 aliphatic carbocycles. The normalized spacial score (nSPS) is 13.6. The maximum atomic E-state index is 4.77. The summed E-state index contributed by atoms with van der Waals surface area (Å²) in [7, 11) is 0. The zero-order valence-electron chi connectivity index (χ0n) is 10.6. The lowest BCUT2D eigenvalue weighted by Gasteiger charge is -2.16. The molecule has 0 bridgehead atoms. The van der Waals surface area contributed by atoms with Gasteiger partial charge in [0.05, 0.1) is 11.0 Å². The third kappa shape index (κ3) is 1.73. The molecule has 0 spiro atoms. The summed E-state index contributed by atoms with van der Waals surface area (Å²) >= 11 is 0. The van der Waals surface area contributed by atoms with E-state index in [0.717, 1.165) is 11.9 Å². The predicted molar refractivity (Wildman–Crippen MR) is 68.8 cm³/mol. The highest BCUT2D eigenvalue weighted by Crippen LogP contribution is 2.27. The van der Waals surface area contributed by atoms with Crippen molar-refractivity contribution in [3.8, 4) is 0 Å². The predicted octanol–water partition coefficient (Wildman–Crippen LogP) is 4.13. The van der Waals surface area contributed by atoms with Crippen molar-refractivity contribution >= 4 is 11.0 Å². The van der Waals surface area contributed by atoms with E-state index in [4.69, 9.17) is 4.98 Å². The molecule has 0 saturated heterocycles. The summed E-state index contributed by atoms with van der Waals surface area (Å²) in [4.78, 5) is 4.77. The quantitative estimate of drug-likeness (QED) is 0.754. The van der Waals surface area contributed by atoms with E-state index in [9.17, 15) is 0 Å². The van der Waals surface area contributed by atoms with Gasteiger partial charge in [-0.2, -0.15) is 0 Å². The molecular formula is C14H20N2.